The molecule has 0 aromatic carbocycles. The fourth-order valence-electron chi connectivity index (χ4n) is 3.16. The number of amides is 1. The van der Waals surface area contributed by atoms with Crippen molar-refractivity contribution in [1.82, 2.24) is 9.88 Å². The molecule has 2 aromatic heterocycles. The summed E-state index contributed by atoms with van der Waals surface area (Å²) in [5.74, 6) is 0.759. The van der Waals surface area contributed by atoms with Crippen LogP contribution >= 0.6 is 27.3 Å². The maximum atomic E-state index is 12.9. The van der Waals surface area contributed by atoms with Crippen LogP contribution in [0.25, 0.3) is 0 Å². The molecule has 1 unspecified atom stereocenters. The highest BCUT2D eigenvalue weighted by Crippen LogP contribution is 2.48. The van der Waals surface area contributed by atoms with Crippen molar-refractivity contribution in [3.05, 3.63) is 50.4 Å². The average molecular weight is 363 g/mol. The zero-order valence-corrected chi connectivity index (χ0v) is 13.9. The predicted octanol–water partition coefficient (Wildman–Crippen LogP) is 4.06. The molecule has 2 aliphatic rings. The van der Waals surface area contributed by atoms with E-state index in [1.54, 1.807) is 6.20 Å². The molecule has 0 radical (unpaired) electrons. The van der Waals surface area contributed by atoms with Gasteiger partial charge in [0.25, 0.3) is 5.91 Å². The van der Waals surface area contributed by atoms with Crippen LogP contribution in [-0.2, 0) is 6.42 Å². The van der Waals surface area contributed by atoms with E-state index in [9.17, 15) is 4.79 Å². The number of hydrogen-bond donors (Lipinski definition) is 0. The highest BCUT2D eigenvalue weighted by molar-refractivity contribution is 9.10. The van der Waals surface area contributed by atoms with Crippen molar-refractivity contribution < 1.29 is 4.79 Å². The van der Waals surface area contributed by atoms with Crippen LogP contribution in [0.2, 0.25) is 0 Å². The van der Waals surface area contributed by atoms with Crippen LogP contribution in [-0.4, -0.2) is 22.3 Å². The average Bonchev–Trinajstić information content (AvgIpc) is 3.22. The predicted molar refractivity (Wildman–Crippen MR) is 86.5 cm³/mol. The second kappa shape index (κ2) is 5.21. The summed E-state index contributed by atoms with van der Waals surface area (Å²) in [7, 11) is 0. The molecule has 1 saturated carbocycles. The number of aromatic nitrogens is 1. The molecule has 1 aliphatic heterocycles. The minimum absolute atomic E-state index is 0.115. The number of hydrogen-bond acceptors (Lipinski definition) is 3. The lowest BCUT2D eigenvalue weighted by Gasteiger charge is -2.36. The summed E-state index contributed by atoms with van der Waals surface area (Å²) in [6.45, 7) is 0.823. The number of fused-ring (bicyclic) bond motifs is 1. The zero-order chi connectivity index (χ0) is 14.4. The monoisotopic (exact) mass is 362 g/mol. The van der Waals surface area contributed by atoms with Crippen molar-refractivity contribution in [3.8, 4) is 0 Å². The second-order valence-corrected chi connectivity index (χ2v) is 7.51. The molecule has 21 heavy (non-hydrogen) atoms. The van der Waals surface area contributed by atoms with E-state index in [4.69, 9.17) is 0 Å². The summed E-state index contributed by atoms with van der Waals surface area (Å²) >= 11 is 5.15. The molecule has 1 aliphatic carbocycles. The van der Waals surface area contributed by atoms with E-state index in [2.05, 4.69) is 37.3 Å². The van der Waals surface area contributed by atoms with Gasteiger partial charge in [-0.05, 0) is 70.3 Å². The maximum Gasteiger partial charge on any atom is 0.255 e. The Morgan fingerprint density at radius 2 is 2.19 bits per heavy atom. The molecule has 2 aromatic rings. The Morgan fingerprint density at radius 3 is 2.90 bits per heavy atom. The van der Waals surface area contributed by atoms with Crippen LogP contribution in [0.4, 0.5) is 0 Å². The van der Waals surface area contributed by atoms with Gasteiger partial charge in [-0.2, -0.15) is 0 Å². The Bertz CT molecular complexity index is 678. The van der Waals surface area contributed by atoms with Gasteiger partial charge in [0.1, 0.15) is 4.60 Å². The molecule has 1 amide bonds. The second-order valence-electron chi connectivity index (χ2n) is 5.70. The van der Waals surface area contributed by atoms with Crippen LogP contribution in [0.3, 0.4) is 0 Å². The highest BCUT2D eigenvalue weighted by Gasteiger charge is 2.42. The summed E-state index contributed by atoms with van der Waals surface area (Å²) in [4.78, 5) is 20.6. The van der Waals surface area contributed by atoms with Crippen molar-refractivity contribution in [2.75, 3.05) is 6.54 Å². The summed E-state index contributed by atoms with van der Waals surface area (Å²) in [6.07, 6.45) is 5.12. The van der Waals surface area contributed by atoms with Gasteiger partial charge in [0.05, 0.1) is 11.6 Å². The van der Waals surface area contributed by atoms with Crippen molar-refractivity contribution >= 4 is 33.2 Å². The van der Waals surface area contributed by atoms with E-state index in [1.165, 1.54) is 23.3 Å². The minimum Gasteiger partial charge on any atom is -0.331 e. The molecule has 5 heteroatoms. The molecule has 3 nitrogen and oxygen atoms in total. The Balaban J connectivity index is 1.67. The number of rotatable bonds is 2. The molecular weight excluding hydrogens is 348 g/mol. The molecule has 1 fully saturated rings. The van der Waals surface area contributed by atoms with Crippen LogP contribution in [0.15, 0.2) is 34.4 Å². The van der Waals surface area contributed by atoms with Crippen molar-refractivity contribution in [2.45, 2.75) is 25.3 Å². The first-order chi connectivity index (χ1) is 10.2. The number of pyridine rings is 1. The van der Waals surface area contributed by atoms with E-state index in [0.717, 1.165) is 17.6 Å². The normalized spacial score (nSPS) is 21.2. The third-order valence-electron chi connectivity index (χ3n) is 4.32. The van der Waals surface area contributed by atoms with Gasteiger partial charge >= 0.3 is 0 Å². The SMILES string of the molecule is O=C(c1ccc(Br)nc1)N1CCc2sccc2C1C1CC1. The van der Waals surface area contributed by atoms with Crippen LogP contribution < -0.4 is 0 Å². The third kappa shape index (κ3) is 2.42. The first kappa shape index (κ1) is 13.5. The zero-order valence-electron chi connectivity index (χ0n) is 11.5. The first-order valence-corrected chi connectivity index (χ1v) is 8.90. The third-order valence-corrected chi connectivity index (χ3v) is 5.78. The minimum atomic E-state index is 0.115. The number of halogens is 1. The Hall–Kier alpha value is -1.20. The number of carbonyl (C=O) groups is 1. The summed E-state index contributed by atoms with van der Waals surface area (Å²) in [5.41, 5.74) is 2.06. The quantitative estimate of drug-likeness (QED) is 0.754. The molecule has 0 bridgehead atoms. The van der Waals surface area contributed by atoms with E-state index >= 15 is 0 Å². The first-order valence-electron chi connectivity index (χ1n) is 7.23. The van der Waals surface area contributed by atoms with Gasteiger partial charge < -0.3 is 4.90 Å². The van der Waals surface area contributed by atoms with Gasteiger partial charge in [-0.1, -0.05) is 0 Å². The number of nitrogens with zero attached hydrogens (tertiary/aromatic N) is 2. The molecule has 108 valence electrons. The van der Waals surface area contributed by atoms with E-state index in [-0.39, 0.29) is 11.9 Å². The molecule has 0 N–H and O–H groups in total. The Morgan fingerprint density at radius 1 is 1.33 bits per heavy atom. The Kier molecular flexibility index (Phi) is 3.34. The summed E-state index contributed by atoms with van der Waals surface area (Å²) < 4.78 is 0.761. The van der Waals surface area contributed by atoms with Gasteiger partial charge in [0, 0.05) is 17.6 Å². The van der Waals surface area contributed by atoms with Gasteiger partial charge in [-0.25, -0.2) is 4.98 Å². The highest BCUT2D eigenvalue weighted by atomic mass is 79.9. The molecule has 3 heterocycles. The molecule has 0 saturated heterocycles. The lowest BCUT2D eigenvalue weighted by atomic mass is 9.95. The topological polar surface area (TPSA) is 33.2 Å². The molecule has 0 spiro atoms. The van der Waals surface area contributed by atoms with E-state index < -0.39 is 0 Å². The fraction of sp³-hybridized carbons (Fsp3) is 0.375. The largest absolute Gasteiger partial charge is 0.331 e. The molecule has 4 rings (SSSR count). The lowest BCUT2D eigenvalue weighted by molar-refractivity contribution is 0.0636. The summed E-state index contributed by atoms with van der Waals surface area (Å²) in [5, 5.41) is 2.16. The standard InChI is InChI=1S/C16H15BrN2OS/c17-14-4-3-11(9-18-14)16(20)19-7-5-13-12(6-8-21-13)15(19)10-1-2-10/h3-4,6,8-10,15H,1-2,5,7H2. The molecular formula is C16H15BrN2OS. The fourth-order valence-corrected chi connectivity index (χ4v) is 4.31. The van der Waals surface area contributed by atoms with Gasteiger partial charge in [-0.3, -0.25) is 4.79 Å². The number of thiophene rings is 1. The smallest absolute Gasteiger partial charge is 0.255 e. The van der Waals surface area contributed by atoms with Crippen LogP contribution in [0.1, 0.15) is 39.7 Å². The maximum absolute atomic E-state index is 12.9. The van der Waals surface area contributed by atoms with Gasteiger partial charge in [0.15, 0.2) is 0 Å². The van der Waals surface area contributed by atoms with Crippen molar-refractivity contribution in [3.63, 3.8) is 0 Å². The lowest BCUT2D eigenvalue weighted by Crippen LogP contribution is -2.40. The van der Waals surface area contributed by atoms with Gasteiger partial charge in [0.2, 0.25) is 0 Å². The molecule has 1 atom stereocenters. The van der Waals surface area contributed by atoms with Crippen LogP contribution in [0, 0.1) is 5.92 Å². The number of carbonyl (C=O) groups excluding carboxylic acids is 1. The van der Waals surface area contributed by atoms with Gasteiger partial charge in [-0.15, -0.1) is 11.3 Å². The Labute approximate surface area is 136 Å². The summed E-state index contributed by atoms with van der Waals surface area (Å²) in [6, 6.07) is 6.17. The van der Waals surface area contributed by atoms with Crippen molar-refractivity contribution in [2.24, 2.45) is 5.92 Å². The van der Waals surface area contributed by atoms with Crippen molar-refractivity contribution in [1.29, 1.82) is 0 Å². The van der Waals surface area contributed by atoms with E-state index in [0.29, 0.717) is 11.5 Å². The van der Waals surface area contributed by atoms with Crippen LogP contribution in [0.5, 0.6) is 0 Å². The van der Waals surface area contributed by atoms with E-state index in [1.807, 2.05) is 23.5 Å².